The second kappa shape index (κ2) is 38.5. The van der Waals surface area contributed by atoms with Gasteiger partial charge in [0.2, 0.25) is 5.91 Å². The van der Waals surface area contributed by atoms with Gasteiger partial charge in [-0.1, -0.05) is 131 Å². The molecule has 17 unspecified atom stereocenters. The molecule has 3 saturated heterocycles. The normalized spacial score (nSPS) is 32.1. The number of allylic oxidation sites excluding steroid dienone is 13. The van der Waals surface area contributed by atoms with Gasteiger partial charge in [-0.25, -0.2) is 0 Å². The van der Waals surface area contributed by atoms with Gasteiger partial charge in [0, 0.05) is 6.42 Å². The van der Waals surface area contributed by atoms with Crippen molar-refractivity contribution in [2.75, 3.05) is 26.4 Å². The van der Waals surface area contributed by atoms with Gasteiger partial charge in [-0.2, -0.15) is 0 Å². The van der Waals surface area contributed by atoms with E-state index in [0.717, 1.165) is 44.9 Å². The molecule has 0 aromatic rings. The maximum Gasteiger partial charge on any atom is 0.220 e. The number of rotatable bonds is 36. The highest BCUT2D eigenvalue weighted by molar-refractivity contribution is 5.76. The van der Waals surface area contributed by atoms with E-state index < -0.39 is 131 Å². The van der Waals surface area contributed by atoms with Gasteiger partial charge in [0.05, 0.1) is 38.6 Å². The van der Waals surface area contributed by atoms with E-state index in [0.29, 0.717) is 19.3 Å². The highest BCUT2D eigenvalue weighted by Crippen LogP contribution is 2.33. The Labute approximate surface area is 438 Å². The van der Waals surface area contributed by atoms with Gasteiger partial charge in [-0.15, -0.1) is 0 Å². The molecule has 3 aliphatic heterocycles. The second-order valence-electron chi connectivity index (χ2n) is 18.9. The lowest BCUT2D eigenvalue weighted by atomic mass is 9.96. The minimum atomic E-state index is -1.99. The number of unbranched alkanes of at least 4 members (excludes halogenated alkanes) is 8. The van der Waals surface area contributed by atoms with Gasteiger partial charge in [0.15, 0.2) is 18.9 Å². The third kappa shape index (κ3) is 23.3. The SMILES string of the molecule is CC/C=C\C/C=C\C/C=C\C/C=C\CCC(=O)NC(COC1OC(CO)C(OC2OC(CO)C(OC3OC(CO)C(O)C(O)C3O)C(O)C2O)C(O)C1O)C(O)/C=C/CC/C=C/CC/C=C/CCCCCCCC. The molecule has 3 rings (SSSR count). The molecule has 3 fully saturated rings. The number of hydrogen-bond donors (Lipinski definition) is 12. The molecule has 0 saturated carbocycles. The van der Waals surface area contributed by atoms with Crippen molar-refractivity contribution in [1.29, 1.82) is 0 Å². The van der Waals surface area contributed by atoms with Crippen molar-refractivity contribution < 1.29 is 89.4 Å². The summed E-state index contributed by atoms with van der Waals surface area (Å²) in [5, 5.41) is 120. The van der Waals surface area contributed by atoms with Crippen molar-refractivity contribution >= 4 is 5.91 Å². The number of carbonyl (C=O) groups excluding carboxylic acids is 1. The van der Waals surface area contributed by atoms with Crippen molar-refractivity contribution in [3.63, 3.8) is 0 Å². The third-order valence-electron chi connectivity index (χ3n) is 12.9. The first-order valence-corrected chi connectivity index (χ1v) is 26.8. The summed E-state index contributed by atoms with van der Waals surface area (Å²) in [5.74, 6) is -0.375. The second-order valence-corrected chi connectivity index (χ2v) is 18.9. The Hall–Kier alpha value is -3.03. The number of hydrogen-bond acceptors (Lipinski definition) is 18. The first kappa shape index (κ1) is 65.3. The summed E-state index contributed by atoms with van der Waals surface area (Å²) in [4.78, 5) is 13.2. The first-order valence-electron chi connectivity index (χ1n) is 26.8. The van der Waals surface area contributed by atoms with Crippen LogP contribution < -0.4 is 5.32 Å². The van der Waals surface area contributed by atoms with Crippen LogP contribution in [0.25, 0.3) is 0 Å². The van der Waals surface area contributed by atoms with Crippen LogP contribution in [-0.2, 0) is 33.2 Å². The zero-order valence-electron chi connectivity index (χ0n) is 43.5. The van der Waals surface area contributed by atoms with Gasteiger partial charge in [0.1, 0.15) is 73.2 Å². The highest BCUT2D eigenvalue weighted by atomic mass is 16.8. The molecule has 3 heterocycles. The fourth-order valence-electron chi connectivity index (χ4n) is 8.46. The lowest BCUT2D eigenvalue weighted by Crippen LogP contribution is -2.66. The molecule has 3 aliphatic rings. The monoisotopic (exact) mass is 1050 g/mol. The maximum atomic E-state index is 13.2. The number of aliphatic hydroxyl groups is 11. The lowest BCUT2D eigenvalue weighted by Gasteiger charge is -2.48. The summed E-state index contributed by atoms with van der Waals surface area (Å²) in [7, 11) is 0. The van der Waals surface area contributed by atoms with Crippen LogP contribution >= 0.6 is 0 Å². The molecule has 19 nitrogen and oxygen atoms in total. The maximum absolute atomic E-state index is 13.2. The molecule has 17 atom stereocenters. The van der Waals surface area contributed by atoms with Gasteiger partial charge in [0.25, 0.3) is 0 Å². The van der Waals surface area contributed by atoms with E-state index in [1.54, 1.807) is 12.2 Å². The predicted octanol–water partition coefficient (Wildman–Crippen LogP) is 2.86. The minimum absolute atomic E-state index is 0.106. The molecule has 74 heavy (non-hydrogen) atoms. The van der Waals surface area contributed by atoms with Crippen LogP contribution in [0.15, 0.2) is 85.1 Å². The lowest BCUT2D eigenvalue weighted by molar-refractivity contribution is -0.379. The summed E-state index contributed by atoms with van der Waals surface area (Å²) in [6.45, 7) is 1.46. The molecule has 12 N–H and O–H groups in total. The molecular weight excluding hydrogens is 963 g/mol. The van der Waals surface area contributed by atoms with E-state index in [1.807, 2.05) is 18.2 Å². The molecule has 0 spiro atoms. The number of amides is 1. The Morgan fingerprint density at radius 3 is 1.50 bits per heavy atom. The third-order valence-corrected chi connectivity index (χ3v) is 12.9. The van der Waals surface area contributed by atoms with Crippen molar-refractivity contribution in [3.8, 4) is 0 Å². The van der Waals surface area contributed by atoms with E-state index in [9.17, 15) is 61.0 Å². The number of carbonyl (C=O) groups is 1. The van der Waals surface area contributed by atoms with E-state index in [2.05, 4.69) is 73.8 Å². The fraction of sp³-hybridized carbons (Fsp3) is 0.727. The largest absolute Gasteiger partial charge is 0.394 e. The molecule has 1 amide bonds. The van der Waals surface area contributed by atoms with Crippen LogP contribution in [-0.4, -0.2) is 193 Å². The zero-order valence-corrected chi connectivity index (χ0v) is 43.5. The van der Waals surface area contributed by atoms with E-state index in [4.69, 9.17) is 28.4 Å². The predicted molar refractivity (Wildman–Crippen MR) is 277 cm³/mol. The van der Waals surface area contributed by atoms with Crippen LogP contribution in [0.2, 0.25) is 0 Å². The van der Waals surface area contributed by atoms with Gasteiger partial charge < -0.3 is 89.9 Å². The van der Waals surface area contributed by atoms with Crippen LogP contribution in [0, 0.1) is 0 Å². The topological polar surface area (TPSA) is 307 Å². The van der Waals surface area contributed by atoms with Crippen molar-refractivity contribution in [2.24, 2.45) is 0 Å². The van der Waals surface area contributed by atoms with Crippen molar-refractivity contribution in [1.82, 2.24) is 5.32 Å². The van der Waals surface area contributed by atoms with Gasteiger partial charge in [-0.05, 0) is 70.6 Å². The fourth-order valence-corrected chi connectivity index (χ4v) is 8.46. The quantitative estimate of drug-likeness (QED) is 0.0317. The molecule has 0 aliphatic carbocycles. The van der Waals surface area contributed by atoms with E-state index >= 15 is 0 Å². The number of nitrogens with one attached hydrogen (secondary N) is 1. The molecule has 424 valence electrons. The van der Waals surface area contributed by atoms with Crippen LogP contribution in [0.3, 0.4) is 0 Å². The number of ether oxygens (including phenoxy) is 6. The van der Waals surface area contributed by atoms with Crippen molar-refractivity contribution in [2.45, 2.75) is 227 Å². The van der Waals surface area contributed by atoms with Gasteiger partial charge in [-0.3, -0.25) is 4.79 Å². The molecule has 0 aromatic carbocycles. The Bertz CT molecular complexity index is 1690. The molecule has 19 heteroatoms. The zero-order chi connectivity index (χ0) is 54.1. The highest BCUT2D eigenvalue weighted by Gasteiger charge is 2.53. The summed E-state index contributed by atoms with van der Waals surface area (Å²) in [5.41, 5.74) is 0. The Morgan fingerprint density at radius 1 is 0.500 bits per heavy atom. The summed E-state index contributed by atoms with van der Waals surface area (Å²) in [6, 6.07) is -1.04. The smallest absolute Gasteiger partial charge is 0.220 e. The Balaban J connectivity index is 1.59. The van der Waals surface area contributed by atoms with Gasteiger partial charge >= 0.3 is 0 Å². The molecule has 0 bridgehead atoms. The number of aliphatic hydroxyl groups excluding tert-OH is 11. The standard InChI is InChI=1S/C55H91NO18/c1-3-5-7-9-11-13-15-17-18-19-21-22-24-26-28-30-32-39(60)38(56-43(61)33-31-29-27-25-23-20-16-14-12-10-8-6-4-2)37-69-53-49(67)46(64)51(41(35-58)71-53)74-55-50(68)47(65)52(42(36-59)72-55)73-54-48(66)45(63)44(62)40(34-57)70-54/h6,8,12,14,17-18,20,22-24,27,29-30,32,38-42,44-55,57-60,62-68H,3-5,7,9-11,13,15-16,19,21,25-26,28,31,33-37H2,1-2H3,(H,56,61)/b8-6-,14-12-,18-17+,23-20-,24-22+,29-27-,32-30+. The average Bonchev–Trinajstić information content (AvgIpc) is 3.40. The van der Waals surface area contributed by atoms with E-state index in [1.165, 1.54) is 38.5 Å². The molecular formula is C55H91NO18. The molecule has 0 aromatic heterocycles. The Morgan fingerprint density at radius 2 is 0.946 bits per heavy atom. The molecule has 0 radical (unpaired) electrons. The minimum Gasteiger partial charge on any atom is -0.394 e. The van der Waals surface area contributed by atoms with Crippen molar-refractivity contribution in [3.05, 3.63) is 85.1 Å². The summed E-state index contributed by atoms with van der Waals surface area (Å²) < 4.78 is 34.1. The van der Waals surface area contributed by atoms with E-state index in [-0.39, 0.29) is 12.3 Å². The summed E-state index contributed by atoms with van der Waals surface area (Å²) in [6.07, 6.45) is 17.4. The summed E-state index contributed by atoms with van der Waals surface area (Å²) >= 11 is 0. The average molecular weight is 1050 g/mol. The first-order chi connectivity index (χ1) is 35.8. The van der Waals surface area contributed by atoms with Crippen LogP contribution in [0.5, 0.6) is 0 Å². The van der Waals surface area contributed by atoms with Crippen LogP contribution in [0.1, 0.15) is 123 Å². The Kier molecular flexibility index (Phi) is 34.0. The van der Waals surface area contributed by atoms with Crippen LogP contribution in [0.4, 0.5) is 0 Å².